The maximum absolute atomic E-state index is 14.9. The summed E-state index contributed by atoms with van der Waals surface area (Å²) in [6.07, 6.45) is 3.32. The topological polar surface area (TPSA) is 44.1 Å². The fraction of sp³-hybridized carbons (Fsp3) is 0.364. The molecule has 0 unspecified atom stereocenters. The molecule has 0 spiro atoms. The zero-order valence-electron chi connectivity index (χ0n) is 16.1. The Morgan fingerprint density at radius 1 is 1.33 bits per heavy atom. The van der Waals surface area contributed by atoms with Crippen molar-refractivity contribution in [3.8, 4) is 16.9 Å². The molecule has 0 radical (unpaired) electrons. The van der Waals surface area contributed by atoms with E-state index in [1.165, 1.54) is 0 Å². The zero-order valence-corrected chi connectivity index (χ0v) is 16.1. The predicted octanol–water partition coefficient (Wildman–Crippen LogP) is 4.70. The van der Waals surface area contributed by atoms with Crippen molar-refractivity contribution in [3.05, 3.63) is 46.0 Å². The molecule has 0 bridgehead atoms. The Kier molecular flexibility index (Phi) is 4.25. The second-order valence-corrected chi connectivity index (χ2v) is 7.18. The highest BCUT2D eigenvalue weighted by molar-refractivity contribution is 6.00. The van der Waals surface area contributed by atoms with E-state index in [1.54, 1.807) is 10.6 Å². The Bertz CT molecular complexity index is 1080. The van der Waals surface area contributed by atoms with Crippen molar-refractivity contribution >= 4 is 17.3 Å². The summed E-state index contributed by atoms with van der Waals surface area (Å²) in [6.45, 7) is 6.65. The van der Waals surface area contributed by atoms with Gasteiger partial charge in [0.25, 0.3) is 0 Å². The van der Waals surface area contributed by atoms with Gasteiger partial charge in [-0.25, -0.2) is 9.37 Å². The van der Waals surface area contributed by atoms with E-state index >= 15 is 0 Å². The molecule has 1 aliphatic rings. The number of aryl methyl sites for hydroxylation is 2. The molecule has 140 valence electrons. The first kappa shape index (κ1) is 17.7. The van der Waals surface area contributed by atoms with Gasteiger partial charge in [-0.15, -0.1) is 0 Å². The number of halogens is 1. The van der Waals surface area contributed by atoms with Crippen molar-refractivity contribution in [1.82, 2.24) is 9.55 Å². The summed E-state index contributed by atoms with van der Waals surface area (Å²) in [5.74, 6) is 0.0747. The highest BCUT2D eigenvalue weighted by Crippen LogP contribution is 2.41. The number of carbonyl (C=O) groups excluding carboxylic acids is 1. The number of hydrogen-bond donors (Lipinski definition) is 0. The molecular formula is C22H23FN2O2. The van der Waals surface area contributed by atoms with Crippen LogP contribution >= 0.6 is 0 Å². The minimum Gasteiger partial charge on any atom is -0.490 e. The van der Waals surface area contributed by atoms with Gasteiger partial charge in [0, 0.05) is 23.7 Å². The lowest BCUT2D eigenvalue weighted by molar-refractivity contribution is 0.111. The summed E-state index contributed by atoms with van der Waals surface area (Å²) < 4.78 is 22.3. The number of fused-ring (bicyclic) bond motifs is 2. The quantitative estimate of drug-likeness (QED) is 0.631. The monoisotopic (exact) mass is 366 g/mol. The van der Waals surface area contributed by atoms with Crippen LogP contribution in [0.3, 0.4) is 0 Å². The average Bonchev–Trinajstić information content (AvgIpc) is 2.99. The molecule has 4 rings (SSSR count). The fourth-order valence-corrected chi connectivity index (χ4v) is 4.27. The lowest BCUT2D eigenvalue weighted by Crippen LogP contribution is -2.12. The molecule has 2 aromatic heterocycles. The second kappa shape index (κ2) is 6.48. The van der Waals surface area contributed by atoms with Gasteiger partial charge >= 0.3 is 0 Å². The van der Waals surface area contributed by atoms with Gasteiger partial charge in [-0.05, 0) is 67.5 Å². The van der Waals surface area contributed by atoms with Crippen LogP contribution in [0.2, 0.25) is 0 Å². The van der Waals surface area contributed by atoms with Gasteiger partial charge in [-0.2, -0.15) is 0 Å². The van der Waals surface area contributed by atoms with Gasteiger partial charge in [0.1, 0.15) is 5.65 Å². The number of carbonyl (C=O) groups is 1. The second-order valence-electron chi connectivity index (χ2n) is 7.18. The van der Waals surface area contributed by atoms with Gasteiger partial charge in [-0.3, -0.25) is 4.79 Å². The van der Waals surface area contributed by atoms with Crippen LogP contribution in [-0.4, -0.2) is 22.4 Å². The van der Waals surface area contributed by atoms with Gasteiger partial charge in [0.05, 0.1) is 12.3 Å². The molecule has 27 heavy (non-hydrogen) atoms. The minimum absolute atomic E-state index is 0.318. The molecular weight excluding hydrogens is 343 g/mol. The third-order valence-corrected chi connectivity index (χ3v) is 5.70. The molecule has 0 aliphatic carbocycles. The number of pyridine rings is 1. The number of nitrogens with zero attached hydrogens (tertiary/aromatic N) is 2. The van der Waals surface area contributed by atoms with Crippen LogP contribution in [0.5, 0.6) is 5.75 Å². The Hall–Kier alpha value is -2.69. The summed E-state index contributed by atoms with van der Waals surface area (Å²) in [4.78, 5) is 16.2. The summed E-state index contributed by atoms with van der Waals surface area (Å²) in [5, 5.41) is 0.890. The number of ether oxygens (including phenoxy) is 1. The van der Waals surface area contributed by atoms with Crippen LogP contribution in [0, 0.1) is 19.7 Å². The van der Waals surface area contributed by atoms with Crippen LogP contribution in [0.25, 0.3) is 22.2 Å². The lowest BCUT2D eigenvalue weighted by atomic mass is 9.88. The predicted molar refractivity (Wildman–Crippen MR) is 104 cm³/mol. The summed E-state index contributed by atoms with van der Waals surface area (Å²) in [7, 11) is 1.84. The number of aromatic nitrogens is 2. The van der Waals surface area contributed by atoms with Crippen LogP contribution in [0.4, 0.5) is 4.39 Å². The SMILES string of the molecule is CCc1c(C)nc2c(cc(C=O)n2C)c1-c1cc(F)c2c(c1C)CCCO2. The summed E-state index contributed by atoms with van der Waals surface area (Å²) in [6, 6.07) is 3.44. The smallest absolute Gasteiger partial charge is 0.166 e. The molecule has 0 atom stereocenters. The molecule has 0 N–H and O–H groups in total. The van der Waals surface area contributed by atoms with Crippen LogP contribution in [-0.2, 0) is 19.9 Å². The number of benzene rings is 1. The van der Waals surface area contributed by atoms with Crippen LogP contribution in [0.1, 0.15) is 46.2 Å². The van der Waals surface area contributed by atoms with Crippen molar-refractivity contribution in [2.24, 2.45) is 7.05 Å². The molecule has 4 nitrogen and oxygen atoms in total. The molecule has 3 heterocycles. The molecule has 0 amide bonds. The Morgan fingerprint density at radius 3 is 2.81 bits per heavy atom. The first-order chi connectivity index (χ1) is 13.0. The van der Waals surface area contributed by atoms with Crippen molar-refractivity contribution in [3.63, 3.8) is 0 Å². The maximum atomic E-state index is 14.9. The standard InChI is InChI=1S/C22H23FN2O2/c1-5-15-13(3)24-22-18(9-14(11-26)25(22)4)20(15)17-10-19(23)21-16(12(17)2)7-6-8-27-21/h9-11H,5-8H2,1-4H3. The average molecular weight is 366 g/mol. The van der Waals surface area contributed by atoms with E-state index in [1.807, 2.05) is 27.0 Å². The Morgan fingerprint density at radius 2 is 2.11 bits per heavy atom. The summed E-state index contributed by atoms with van der Waals surface area (Å²) >= 11 is 0. The molecule has 0 saturated heterocycles. The number of rotatable bonds is 3. The van der Waals surface area contributed by atoms with Crippen LogP contribution < -0.4 is 4.74 Å². The molecule has 1 aliphatic heterocycles. The van der Waals surface area contributed by atoms with Gasteiger partial charge in [0.15, 0.2) is 17.9 Å². The Labute approximate surface area is 158 Å². The molecule has 3 aromatic rings. The highest BCUT2D eigenvalue weighted by atomic mass is 19.1. The first-order valence-electron chi connectivity index (χ1n) is 9.37. The van der Waals surface area contributed by atoms with E-state index in [4.69, 9.17) is 9.72 Å². The maximum Gasteiger partial charge on any atom is 0.166 e. The van der Waals surface area contributed by atoms with E-state index in [-0.39, 0.29) is 5.82 Å². The normalized spacial score (nSPS) is 13.5. The van der Waals surface area contributed by atoms with Crippen molar-refractivity contribution < 1.29 is 13.9 Å². The number of aldehydes is 1. The molecule has 1 aromatic carbocycles. The largest absolute Gasteiger partial charge is 0.490 e. The van der Waals surface area contributed by atoms with Crippen LogP contribution in [0.15, 0.2) is 12.1 Å². The molecule has 0 saturated carbocycles. The summed E-state index contributed by atoms with van der Waals surface area (Å²) in [5.41, 5.74) is 7.15. The zero-order chi connectivity index (χ0) is 19.3. The fourth-order valence-electron chi connectivity index (χ4n) is 4.27. The lowest BCUT2D eigenvalue weighted by Gasteiger charge is -2.23. The molecule has 5 heteroatoms. The van der Waals surface area contributed by atoms with Crippen molar-refractivity contribution in [2.45, 2.75) is 40.0 Å². The van der Waals surface area contributed by atoms with Gasteiger partial charge in [0.2, 0.25) is 0 Å². The van der Waals surface area contributed by atoms with E-state index < -0.39 is 0 Å². The molecule has 0 fully saturated rings. The van der Waals surface area contributed by atoms with Gasteiger partial charge < -0.3 is 9.30 Å². The first-order valence-corrected chi connectivity index (χ1v) is 9.37. The van der Waals surface area contributed by atoms with E-state index in [0.29, 0.717) is 18.1 Å². The minimum atomic E-state index is -0.318. The number of hydrogen-bond acceptors (Lipinski definition) is 3. The Balaban J connectivity index is 2.13. The van der Waals surface area contributed by atoms with Crippen molar-refractivity contribution in [1.29, 1.82) is 0 Å². The highest BCUT2D eigenvalue weighted by Gasteiger charge is 2.24. The van der Waals surface area contributed by atoms with Crippen molar-refractivity contribution in [2.75, 3.05) is 6.61 Å². The van der Waals surface area contributed by atoms with E-state index in [9.17, 15) is 9.18 Å². The van der Waals surface area contributed by atoms with E-state index in [0.717, 1.165) is 70.1 Å². The third-order valence-electron chi connectivity index (χ3n) is 5.70. The third kappa shape index (κ3) is 2.56. The van der Waals surface area contributed by atoms with Gasteiger partial charge in [-0.1, -0.05) is 6.92 Å². The van der Waals surface area contributed by atoms with E-state index in [2.05, 4.69) is 6.92 Å².